The zero-order valence-corrected chi connectivity index (χ0v) is 9.25. The van der Waals surface area contributed by atoms with Crippen LogP contribution in [-0.4, -0.2) is 12.7 Å². The van der Waals surface area contributed by atoms with Crippen LogP contribution in [0.15, 0.2) is 12.1 Å². The van der Waals surface area contributed by atoms with Gasteiger partial charge in [0.25, 0.3) is 0 Å². The third-order valence-electron chi connectivity index (χ3n) is 2.60. The van der Waals surface area contributed by atoms with Gasteiger partial charge in [0.1, 0.15) is 17.6 Å². The van der Waals surface area contributed by atoms with E-state index in [2.05, 4.69) is 13.0 Å². The van der Waals surface area contributed by atoms with E-state index in [1.54, 1.807) is 0 Å². The van der Waals surface area contributed by atoms with E-state index in [0.717, 1.165) is 23.5 Å². The van der Waals surface area contributed by atoms with Crippen LogP contribution in [0, 0.1) is 0 Å². The van der Waals surface area contributed by atoms with Crippen LogP contribution < -0.4 is 15.2 Å². The van der Waals surface area contributed by atoms with Crippen LogP contribution in [0.5, 0.6) is 11.5 Å². The molecule has 0 bridgehead atoms. The van der Waals surface area contributed by atoms with Gasteiger partial charge in [-0.2, -0.15) is 0 Å². The number of hydrogen-bond donors (Lipinski definition) is 1. The largest absolute Gasteiger partial charge is 0.494 e. The normalized spacial score (nSPS) is 18.5. The third kappa shape index (κ3) is 1.92. The molecule has 0 spiro atoms. The molecule has 1 aliphatic heterocycles. The van der Waals surface area contributed by atoms with E-state index in [1.165, 1.54) is 5.56 Å². The molecule has 0 aliphatic carbocycles. The molecule has 82 valence electrons. The number of ether oxygens (including phenoxy) is 2. The van der Waals surface area contributed by atoms with E-state index in [-0.39, 0.29) is 6.10 Å². The van der Waals surface area contributed by atoms with Crippen LogP contribution >= 0.6 is 0 Å². The van der Waals surface area contributed by atoms with Gasteiger partial charge in [0.15, 0.2) is 0 Å². The van der Waals surface area contributed by atoms with E-state index in [0.29, 0.717) is 13.2 Å². The van der Waals surface area contributed by atoms with E-state index in [4.69, 9.17) is 15.2 Å². The van der Waals surface area contributed by atoms with Crippen molar-refractivity contribution < 1.29 is 9.47 Å². The summed E-state index contributed by atoms with van der Waals surface area (Å²) in [5, 5.41) is 0. The first-order chi connectivity index (χ1) is 7.24. The van der Waals surface area contributed by atoms with Crippen molar-refractivity contribution in [2.24, 2.45) is 5.73 Å². The fraction of sp³-hybridized carbons (Fsp3) is 0.500. The maximum Gasteiger partial charge on any atom is 0.124 e. The molecular weight excluding hydrogens is 190 g/mol. The number of nitrogens with two attached hydrogens (primary N) is 1. The summed E-state index contributed by atoms with van der Waals surface area (Å²) in [5.41, 5.74) is 7.92. The number of fused-ring (bicyclic) bond motifs is 1. The molecule has 0 aromatic heterocycles. The topological polar surface area (TPSA) is 44.5 Å². The lowest BCUT2D eigenvalue weighted by atomic mass is 10.1. The van der Waals surface area contributed by atoms with Crippen LogP contribution in [0.4, 0.5) is 0 Å². The van der Waals surface area contributed by atoms with Gasteiger partial charge in [0.2, 0.25) is 0 Å². The van der Waals surface area contributed by atoms with Crippen molar-refractivity contribution in [3.8, 4) is 11.5 Å². The maximum atomic E-state index is 5.67. The smallest absolute Gasteiger partial charge is 0.124 e. The molecule has 0 saturated heterocycles. The van der Waals surface area contributed by atoms with Gasteiger partial charge in [-0.05, 0) is 26.0 Å². The molecule has 1 aliphatic rings. The minimum atomic E-state index is 0.266. The Hall–Kier alpha value is -1.22. The monoisotopic (exact) mass is 207 g/mol. The first kappa shape index (κ1) is 10.3. The SMILES string of the molecule is CCOc1cc2c(cc1CN)OC(C)C2. The summed E-state index contributed by atoms with van der Waals surface area (Å²) in [4.78, 5) is 0. The van der Waals surface area contributed by atoms with Gasteiger partial charge >= 0.3 is 0 Å². The molecule has 15 heavy (non-hydrogen) atoms. The molecule has 3 nitrogen and oxygen atoms in total. The summed E-state index contributed by atoms with van der Waals surface area (Å²) in [6.45, 7) is 5.21. The van der Waals surface area contributed by atoms with Crippen molar-refractivity contribution in [2.75, 3.05) is 6.61 Å². The van der Waals surface area contributed by atoms with Gasteiger partial charge in [0, 0.05) is 24.1 Å². The second-order valence-electron chi connectivity index (χ2n) is 3.84. The van der Waals surface area contributed by atoms with Crippen molar-refractivity contribution in [3.63, 3.8) is 0 Å². The molecule has 0 fully saturated rings. The van der Waals surface area contributed by atoms with Crippen LogP contribution in [0.1, 0.15) is 25.0 Å². The maximum absolute atomic E-state index is 5.67. The fourth-order valence-corrected chi connectivity index (χ4v) is 1.93. The zero-order chi connectivity index (χ0) is 10.8. The molecule has 0 saturated carbocycles. The Morgan fingerprint density at radius 3 is 3.00 bits per heavy atom. The molecule has 1 unspecified atom stereocenters. The second-order valence-corrected chi connectivity index (χ2v) is 3.84. The lowest BCUT2D eigenvalue weighted by molar-refractivity contribution is 0.254. The van der Waals surface area contributed by atoms with Crippen LogP contribution in [0.3, 0.4) is 0 Å². The number of benzene rings is 1. The second kappa shape index (κ2) is 4.11. The van der Waals surface area contributed by atoms with Crippen molar-refractivity contribution >= 4 is 0 Å². The molecule has 0 radical (unpaired) electrons. The first-order valence-electron chi connectivity index (χ1n) is 5.40. The highest BCUT2D eigenvalue weighted by atomic mass is 16.5. The summed E-state index contributed by atoms with van der Waals surface area (Å²) < 4.78 is 11.2. The summed E-state index contributed by atoms with van der Waals surface area (Å²) in [7, 11) is 0. The van der Waals surface area contributed by atoms with Crippen molar-refractivity contribution in [3.05, 3.63) is 23.3 Å². The predicted octanol–water partition coefficient (Wildman–Crippen LogP) is 1.87. The van der Waals surface area contributed by atoms with Crippen LogP contribution in [0.2, 0.25) is 0 Å². The summed E-state index contributed by atoms with van der Waals surface area (Å²) in [5.74, 6) is 1.86. The Balaban J connectivity index is 2.36. The van der Waals surface area contributed by atoms with Crippen molar-refractivity contribution in [1.82, 2.24) is 0 Å². The summed E-state index contributed by atoms with van der Waals surface area (Å²) in [6.07, 6.45) is 1.22. The van der Waals surface area contributed by atoms with Gasteiger partial charge < -0.3 is 15.2 Å². The van der Waals surface area contributed by atoms with Gasteiger partial charge in [-0.1, -0.05) is 0 Å². The van der Waals surface area contributed by atoms with E-state index < -0.39 is 0 Å². The Bertz CT molecular complexity index is 363. The molecular formula is C12H17NO2. The lowest BCUT2D eigenvalue weighted by Gasteiger charge is -2.10. The highest BCUT2D eigenvalue weighted by Gasteiger charge is 2.21. The average molecular weight is 207 g/mol. The quantitative estimate of drug-likeness (QED) is 0.823. The number of rotatable bonds is 3. The molecule has 1 atom stereocenters. The Morgan fingerprint density at radius 2 is 2.33 bits per heavy atom. The molecule has 1 heterocycles. The van der Waals surface area contributed by atoms with Crippen LogP contribution in [0.25, 0.3) is 0 Å². The minimum absolute atomic E-state index is 0.266. The standard InChI is InChI=1S/C12H17NO2/c1-3-14-11-5-9-4-8(2)15-12(9)6-10(11)7-13/h5-6,8H,3-4,7,13H2,1-2H3. The molecule has 1 aromatic rings. The summed E-state index contributed by atoms with van der Waals surface area (Å²) in [6, 6.07) is 4.06. The van der Waals surface area contributed by atoms with Gasteiger partial charge in [-0.15, -0.1) is 0 Å². The summed E-state index contributed by atoms with van der Waals surface area (Å²) >= 11 is 0. The third-order valence-corrected chi connectivity index (χ3v) is 2.60. The molecule has 1 aromatic carbocycles. The van der Waals surface area contributed by atoms with E-state index in [1.807, 2.05) is 13.0 Å². The van der Waals surface area contributed by atoms with E-state index in [9.17, 15) is 0 Å². The Labute approximate surface area is 90.2 Å². The minimum Gasteiger partial charge on any atom is -0.494 e. The van der Waals surface area contributed by atoms with Gasteiger partial charge in [-0.3, -0.25) is 0 Å². The van der Waals surface area contributed by atoms with Crippen molar-refractivity contribution in [2.45, 2.75) is 32.9 Å². The average Bonchev–Trinajstić information content (AvgIpc) is 2.56. The highest BCUT2D eigenvalue weighted by Crippen LogP contribution is 2.34. The Kier molecular flexibility index (Phi) is 2.82. The molecule has 3 heteroatoms. The molecule has 2 rings (SSSR count). The highest BCUT2D eigenvalue weighted by molar-refractivity contribution is 5.48. The van der Waals surface area contributed by atoms with E-state index >= 15 is 0 Å². The fourth-order valence-electron chi connectivity index (χ4n) is 1.93. The number of hydrogen-bond acceptors (Lipinski definition) is 3. The van der Waals surface area contributed by atoms with Crippen LogP contribution in [-0.2, 0) is 13.0 Å². The first-order valence-corrected chi connectivity index (χ1v) is 5.40. The van der Waals surface area contributed by atoms with Gasteiger partial charge in [0.05, 0.1) is 6.61 Å². The molecule has 2 N–H and O–H groups in total. The lowest BCUT2D eigenvalue weighted by Crippen LogP contribution is -2.05. The Morgan fingerprint density at radius 1 is 1.53 bits per heavy atom. The predicted molar refractivity (Wildman–Crippen MR) is 59.3 cm³/mol. The van der Waals surface area contributed by atoms with Crippen molar-refractivity contribution in [1.29, 1.82) is 0 Å². The molecule has 0 amide bonds. The van der Waals surface area contributed by atoms with Gasteiger partial charge in [-0.25, -0.2) is 0 Å². The zero-order valence-electron chi connectivity index (χ0n) is 9.25.